The Morgan fingerprint density at radius 3 is 2.67 bits per heavy atom. The summed E-state index contributed by atoms with van der Waals surface area (Å²) >= 11 is 5.09. The molecule has 0 fully saturated rings. The van der Waals surface area contributed by atoms with E-state index in [0.29, 0.717) is 10.2 Å². The number of fused-ring (bicyclic) bond motifs is 1. The standard InChI is InChI=1S/C12H10N2S/c1-7-3-8(2)11-9(4-7)5-10(6-13)12(15)14-11/h3-5H,1-2H3,(H,14,15). The van der Waals surface area contributed by atoms with Crippen molar-refractivity contribution in [3.8, 4) is 6.07 Å². The normalized spacial score (nSPS) is 10.2. The summed E-state index contributed by atoms with van der Waals surface area (Å²) in [5.74, 6) is 0. The molecule has 0 atom stereocenters. The first-order valence-corrected chi connectivity index (χ1v) is 5.07. The van der Waals surface area contributed by atoms with Crippen LogP contribution >= 0.6 is 12.2 Å². The van der Waals surface area contributed by atoms with Crippen LogP contribution in [0.25, 0.3) is 10.9 Å². The van der Waals surface area contributed by atoms with E-state index < -0.39 is 0 Å². The number of benzene rings is 1. The molecule has 0 saturated heterocycles. The molecule has 74 valence electrons. The van der Waals surface area contributed by atoms with Crippen molar-refractivity contribution < 1.29 is 0 Å². The molecule has 0 radical (unpaired) electrons. The van der Waals surface area contributed by atoms with E-state index in [2.05, 4.69) is 23.2 Å². The molecule has 15 heavy (non-hydrogen) atoms. The first-order chi connectivity index (χ1) is 7.11. The molecule has 0 bridgehead atoms. The number of aromatic nitrogens is 1. The molecule has 2 rings (SSSR count). The van der Waals surface area contributed by atoms with Crippen molar-refractivity contribution in [3.05, 3.63) is 39.5 Å². The number of rotatable bonds is 0. The Morgan fingerprint density at radius 1 is 1.27 bits per heavy atom. The molecule has 0 amide bonds. The number of aryl methyl sites for hydroxylation is 2. The fraction of sp³-hybridized carbons (Fsp3) is 0.167. The average Bonchev–Trinajstić information content (AvgIpc) is 2.18. The van der Waals surface area contributed by atoms with Crippen molar-refractivity contribution in [2.24, 2.45) is 0 Å². The number of pyridine rings is 1. The van der Waals surface area contributed by atoms with Gasteiger partial charge in [-0.3, -0.25) is 0 Å². The Hall–Kier alpha value is -1.66. The third kappa shape index (κ3) is 1.64. The molecule has 0 aliphatic rings. The lowest BCUT2D eigenvalue weighted by Gasteiger charge is -2.04. The van der Waals surface area contributed by atoms with E-state index in [-0.39, 0.29) is 0 Å². The number of H-pyrrole nitrogens is 1. The molecule has 0 aliphatic carbocycles. The lowest BCUT2D eigenvalue weighted by Crippen LogP contribution is -1.89. The summed E-state index contributed by atoms with van der Waals surface area (Å²) in [5.41, 5.74) is 3.89. The van der Waals surface area contributed by atoms with Gasteiger partial charge in [0.2, 0.25) is 0 Å². The third-order valence-electron chi connectivity index (χ3n) is 2.41. The van der Waals surface area contributed by atoms with E-state index in [1.54, 1.807) is 0 Å². The van der Waals surface area contributed by atoms with Crippen molar-refractivity contribution in [1.29, 1.82) is 5.26 Å². The second-order valence-corrected chi connectivity index (χ2v) is 4.08. The molecular formula is C12H10N2S. The van der Waals surface area contributed by atoms with Crippen LogP contribution in [0.1, 0.15) is 16.7 Å². The zero-order valence-corrected chi connectivity index (χ0v) is 9.40. The highest BCUT2D eigenvalue weighted by Gasteiger charge is 2.02. The largest absolute Gasteiger partial charge is 0.345 e. The number of hydrogen-bond donors (Lipinski definition) is 1. The van der Waals surface area contributed by atoms with Gasteiger partial charge in [0, 0.05) is 5.52 Å². The maximum absolute atomic E-state index is 8.88. The summed E-state index contributed by atoms with van der Waals surface area (Å²) in [6.07, 6.45) is 0. The Bertz CT molecular complexity index is 632. The van der Waals surface area contributed by atoms with Crippen LogP contribution in [0, 0.1) is 29.8 Å². The fourth-order valence-corrected chi connectivity index (χ4v) is 1.98. The number of nitrogens with one attached hydrogen (secondary N) is 1. The van der Waals surface area contributed by atoms with E-state index in [9.17, 15) is 0 Å². The Kier molecular flexibility index (Phi) is 2.29. The Balaban J connectivity index is 2.95. The van der Waals surface area contributed by atoms with E-state index >= 15 is 0 Å². The van der Waals surface area contributed by atoms with Crippen molar-refractivity contribution in [2.45, 2.75) is 13.8 Å². The van der Waals surface area contributed by atoms with E-state index in [1.165, 1.54) is 5.56 Å². The summed E-state index contributed by atoms with van der Waals surface area (Å²) in [7, 11) is 0. The summed E-state index contributed by atoms with van der Waals surface area (Å²) < 4.78 is 0.511. The van der Waals surface area contributed by atoms with Crippen LogP contribution in [0.3, 0.4) is 0 Å². The van der Waals surface area contributed by atoms with Gasteiger partial charge >= 0.3 is 0 Å². The topological polar surface area (TPSA) is 39.6 Å². The molecule has 3 heteroatoms. The van der Waals surface area contributed by atoms with Crippen LogP contribution < -0.4 is 0 Å². The zero-order chi connectivity index (χ0) is 11.0. The van der Waals surface area contributed by atoms with Crippen molar-refractivity contribution in [1.82, 2.24) is 4.98 Å². The number of hydrogen-bond acceptors (Lipinski definition) is 2. The van der Waals surface area contributed by atoms with Gasteiger partial charge < -0.3 is 4.98 Å². The lowest BCUT2D eigenvalue weighted by atomic mass is 10.1. The minimum Gasteiger partial charge on any atom is -0.345 e. The SMILES string of the molecule is Cc1cc(C)c2[nH]c(=S)c(C#N)cc2c1. The second-order valence-electron chi connectivity index (χ2n) is 3.67. The van der Waals surface area contributed by atoms with Gasteiger partial charge in [-0.15, -0.1) is 0 Å². The Morgan fingerprint density at radius 2 is 2.00 bits per heavy atom. The van der Waals surface area contributed by atoms with Crippen LogP contribution in [0.4, 0.5) is 0 Å². The number of nitrogens with zero attached hydrogens (tertiary/aromatic N) is 1. The molecular weight excluding hydrogens is 204 g/mol. The maximum atomic E-state index is 8.88. The molecule has 0 spiro atoms. The van der Waals surface area contributed by atoms with Gasteiger partial charge in [0.15, 0.2) is 0 Å². The second kappa shape index (κ2) is 3.48. The molecule has 1 aromatic carbocycles. The van der Waals surface area contributed by atoms with Crippen molar-refractivity contribution in [2.75, 3.05) is 0 Å². The van der Waals surface area contributed by atoms with Crippen molar-refractivity contribution >= 4 is 23.1 Å². The fourth-order valence-electron chi connectivity index (χ4n) is 1.77. The average molecular weight is 214 g/mol. The van der Waals surface area contributed by atoms with Crippen molar-refractivity contribution in [3.63, 3.8) is 0 Å². The molecule has 0 aliphatic heterocycles. The first kappa shape index (κ1) is 9.88. The van der Waals surface area contributed by atoms with Gasteiger partial charge in [0.25, 0.3) is 0 Å². The zero-order valence-electron chi connectivity index (χ0n) is 8.59. The van der Waals surface area contributed by atoms with E-state index in [0.717, 1.165) is 16.5 Å². The summed E-state index contributed by atoms with van der Waals surface area (Å²) in [6, 6.07) is 8.08. The summed E-state index contributed by atoms with van der Waals surface area (Å²) in [6.45, 7) is 4.08. The molecule has 0 saturated carbocycles. The van der Waals surface area contributed by atoms with Gasteiger partial charge in [0.05, 0.1) is 5.56 Å². The minimum atomic E-state index is 0.511. The quantitative estimate of drug-likeness (QED) is 0.683. The summed E-state index contributed by atoms with van der Waals surface area (Å²) in [4.78, 5) is 3.10. The van der Waals surface area contributed by atoms with E-state index in [4.69, 9.17) is 17.5 Å². The summed E-state index contributed by atoms with van der Waals surface area (Å²) in [5, 5.41) is 9.92. The lowest BCUT2D eigenvalue weighted by molar-refractivity contribution is 1.30. The monoisotopic (exact) mass is 214 g/mol. The number of nitriles is 1. The van der Waals surface area contributed by atoms with Crippen LogP contribution in [0.2, 0.25) is 0 Å². The molecule has 2 aromatic rings. The highest BCUT2D eigenvalue weighted by Crippen LogP contribution is 2.19. The Labute approximate surface area is 93.2 Å². The van der Waals surface area contributed by atoms with E-state index in [1.807, 2.05) is 19.9 Å². The van der Waals surface area contributed by atoms with Gasteiger partial charge in [-0.25, -0.2) is 0 Å². The van der Waals surface area contributed by atoms with Gasteiger partial charge in [-0.2, -0.15) is 5.26 Å². The smallest absolute Gasteiger partial charge is 0.121 e. The highest BCUT2D eigenvalue weighted by molar-refractivity contribution is 7.71. The molecule has 1 aromatic heterocycles. The maximum Gasteiger partial charge on any atom is 0.121 e. The highest BCUT2D eigenvalue weighted by atomic mass is 32.1. The minimum absolute atomic E-state index is 0.511. The van der Waals surface area contributed by atoms with Crippen LogP contribution in [-0.4, -0.2) is 4.98 Å². The molecule has 0 unspecified atom stereocenters. The van der Waals surface area contributed by atoms with Gasteiger partial charge in [-0.1, -0.05) is 23.8 Å². The number of aromatic amines is 1. The third-order valence-corrected chi connectivity index (χ3v) is 2.74. The predicted octanol–water partition coefficient (Wildman–Crippen LogP) is 3.39. The first-order valence-electron chi connectivity index (χ1n) is 4.66. The van der Waals surface area contributed by atoms with Crippen LogP contribution in [0.15, 0.2) is 18.2 Å². The molecule has 1 heterocycles. The van der Waals surface area contributed by atoms with Crippen LogP contribution in [-0.2, 0) is 0 Å². The van der Waals surface area contributed by atoms with Gasteiger partial charge in [-0.05, 0) is 36.9 Å². The molecule has 1 N–H and O–H groups in total. The molecule has 2 nitrogen and oxygen atoms in total. The van der Waals surface area contributed by atoms with Gasteiger partial charge in [0.1, 0.15) is 10.7 Å². The van der Waals surface area contributed by atoms with Crippen LogP contribution in [0.5, 0.6) is 0 Å². The predicted molar refractivity (Wildman–Crippen MR) is 63.3 cm³/mol.